The molecule has 100 valence electrons. The molecule has 3 aromatic rings. The Bertz CT molecular complexity index is 753. The van der Waals surface area contributed by atoms with Crippen LogP contribution in [0.1, 0.15) is 15.4 Å². The number of ether oxygens (including phenoxy) is 1. The number of hydrogen-bond acceptors (Lipinski definition) is 4. The van der Waals surface area contributed by atoms with Crippen LogP contribution in [0.4, 0.5) is 0 Å². The van der Waals surface area contributed by atoms with E-state index in [9.17, 15) is 9.90 Å². The first-order valence-corrected chi connectivity index (χ1v) is 6.90. The first-order chi connectivity index (χ1) is 9.75. The van der Waals surface area contributed by atoms with Crippen molar-refractivity contribution in [3.8, 4) is 5.75 Å². The van der Waals surface area contributed by atoms with Gasteiger partial charge in [0, 0.05) is 17.0 Å². The highest BCUT2D eigenvalue weighted by Gasteiger charge is 2.15. The summed E-state index contributed by atoms with van der Waals surface area (Å²) >= 11 is 1.48. The molecule has 0 radical (unpaired) electrons. The second-order valence-electron chi connectivity index (χ2n) is 4.18. The Morgan fingerprint density at radius 3 is 2.85 bits per heavy atom. The lowest BCUT2D eigenvalue weighted by molar-refractivity contribution is 0.0692. The topological polar surface area (TPSA) is 59.4 Å². The lowest BCUT2D eigenvalue weighted by Crippen LogP contribution is -2.04. The Morgan fingerprint density at radius 1 is 1.25 bits per heavy atom. The van der Waals surface area contributed by atoms with E-state index in [1.54, 1.807) is 18.3 Å². The monoisotopic (exact) mass is 285 g/mol. The maximum atomic E-state index is 11.3. The zero-order valence-corrected chi connectivity index (χ0v) is 11.3. The zero-order chi connectivity index (χ0) is 13.9. The number of benzene rings is 2. The van der Waals surface area contributed by atoms with Crippen molar-refractivity contribution in [2.45, 2.75) is 6.61 Å². The number of carboxylic acid groups (broad SMARTS) is 1. The van der Waals surface area contributed by atoms with Gasteiger partial charge in [-0.2, -0.15) is 0 Å². The third-order valence-electron chi connectivity index (χ3n) is 2.93. The number of hydrogen-bond donors (Lipinski definition) is 1. The van der Waals surface area contributed by atoms with Crippen LogP contribution < -0.4 is 4.74 Å². The normalized spacial score (nSPS) is 10.6. The summed E-state index contributed by atoms with van der Waals surface area (Å²) in [7, 11) is 0. The minimum absolute atomic E-state index is 0.167. The van der Waals surface area contributed by atoms with Gasteiger partial charge in [-0.25, -0.2) is 9.78 Å². The lowest BCUT2D eigenvalue weighted by atomic mass is 10.1. The first kappa shape index (κ1) is 12.6. The van der Waals surface area contributed by atoms with Crippen LogP contribution in [-0.4, -0.2) is 16.1 Å². The molecule has 5 heteroatoms. The number of nitrogens with zero attached hydrogens (tertiary/aromatic N) is 1. The molecular formula is C15H11NO3S. The number of aromatic carboxylic acids is 1. The maximum absolute atomic E-state index is 11.3. The smallest absolute Gasteiger partial charge is 0.339 e. The number of rotatable bonds is 4. The Hall–Kier alpha value is -2.40. The summed E-state index contributed by atoms with van der Waals surface area (Å²) in [6.45, 7) is 0.270. The Kier molecular flexibility index (Phi) is 3.35. The van der Waals surface area contributed by atoms with E-state index in [1.807, 2.05) is 29.6 Å². The van der Waals surface area contributed by atoms with Crippen LogP contribution in [0, 0.1) is 0 Å². The molecule has 0 aliphatic carbocycles. The van der Waals surface area contributed by atoms with Gasteiger partial charge >= 0.3 is 5.97 Å². The van der Waals surface area contributed by atoms with Gasteiger partial charge in [-0.15, -0.1) is 11.3 Å². The zero-order valence-electron chi connectivity index (χ0n) is 10.4. The van der Waals surface area contributed by atoms with Crippen molar-refractivity contribution >= 4 is 28.1 Å². The van der Waals surface area contributed by atoms with Crippen molar-refractivity contribution in [1.29, 1.82) is 0 Å². The maximum Gasteiger partial charge on any atom is 0.339 e. The molecule has 1 aromatic heterocycles. The highest BCUT2D eigenvalue weighted by Crippen LogP contribution is 2.30. The van der Waals surface area contributed by atoms with Crippen molar-refractivity contribution in [1.82, 2.24) is 4.98 Å². The molecule has 0 atom stereocenters. The van der Waals surface area contributed by atoms with E-state index >= 15 is 0 Å². The van der Waals surface area contributed by atoms with Gasteiger partial charge < -0.3 is 9.84 Å². The fourth-order valence-corrected chi connectivity index (χ4v) is 2.55. The van der Waals surface area contributed by atoms with E-state index in [2.05, 4.69) is 4.98 Å². The van der Waals surface area contributed by atoms with Gasteiger partial charge in [-0.1, -0.05) is 30.3 Å². The van der Waals surface area contributed by atoms with Crippen molar-refractivity contribution in [2.75, 3.05) is 0 Å². The molecule has 0 spiro atoms. The quantitative estimate of drug-likeness (QED) is 0.796. The van der Waals surface area contributed by atoms with Crippen molar-refractivity contribution < 1.29 is 14.6 Å². The van der Waals surface area contributed by atoms with Crippen LogP contribution in [-0.2, 0) is 6.61 Å². The van der Waals surface area contributed by atoms with Crippen LogP contribution in [0.5, 0.6) is 5.75 Å². The molecule has 0 saturated heterocycles. The number of aromatic nitrogens is 1. The van der Waals surface area contributed by atoms with Gasteiger partial charge in [-0.05, 0) is 11.5 Å². The van der Waals surface area contributed by atoms with Gasteiger partial charge in [0.1, 0.15) is 22.9 Å². The Labute approximate surface area is 119 Å². The van der Waals surface area contributed by atoms with Crippen LogP contribution in [0.3, 0.4) is 0 Å². The van der Waals surface area contributed by atoms with Crippen LogP contribution in [0.25, 0.3) is 10.8 Å². The van der Waals surface area contributed by atoms with E-state index in [4.69, 9.17) is 4.74 Å². The molecule has 1 heterocycles. The highest BCUT2D eigenvalue weighted by atomic mass is 32.1. The summed E-state index contributed by atoms with van der Waals surface area (Å²) in [6, 6.07) is 10.9. The molecule has 0 amide bonds. The number of fused-ring (bicyclic) bond motifs is 1. The molecule has 0 saturated carbocycles. The average molecular weight is 285 g/mol. The number of thiazole rings is 1. The third kappa shape index (κ3) is 2.35. The molecule has 0 bridgehead atoms. The van der Waals surface area contributed by atoms with E-state index in [0.29, 0.717) is 5.75 Å². The summed E-state index contributed by atoms with van der Waals surface area (Å²) < 4.78 is 5.72. The molecule has 0 aliphatic heterocycles. The molecular weight excluding hydrogens is 274 g/mol. The van der Waals surface area contributed by atoms with Crippen molar-refractivity contribution in [3.63, 3.8) is 0 Å². The fraction of sp³-hybridized carbons (Fsp3) is 0.0667. The van der Waals surface area contributed by atoms with Gasteiger partial charge in [0.05, 0.1) is 0 Å². The Morgan fingerprint density at radius 2 is 2.10 bits per heavy atom. The summed E-state index contributed by atoms with van der Waals surface area (Å²) in [5, 5.41) is 13.7. The predicted octanol–water partition coefficient (Wildman–Crippen LogP) is 3.57. The summed E-state index contributed by atoms with van der Waals surface area (Å²) in [5.41, 5.74) is 0.167. The predicted molar refractivity (Wildman–Crippen MR) is 77.4 cm³/mol. The molecule has 4 nitrogen and oxygen atoms in total. The summed E-state index contributed by atoms with van der Waals surface area (Å²) in [4.78, 5) is 15.5. The molecule has 1 N–H and O–H groups in total. The van der Waals surface area contributed by atoms with E-state index < -0.39 is 5.97 Å². The van der Waals surface area contributed by atoms with Crippen molar-refractivity contribution in [2.24, 2.45) is 0 Å². The minimum atomic E-state index is -0.995. The number of carbonyl (C=O) groups is 1. The second-order valence-corrected chi connectivity index (χ2v) is 5.16. The first-order valence-electron chi connectivity index (χ1n) is 6.02. The van der Waals surface area contributed by atoms with Gasteiger partial charge in [0.2, 0.25) is 0 Å². The van der Waals surface area contributed by atoms with Crippen molar-refractivity contribution in [3.05, 3.63) is 58.5 Å². The highest BCUT2D eigenvalue weighted by molar-refractivity contribution is 7.09. The van der Waals surface area contributed by atoms with Crippen LogP contribution >= 0.6 is 11.3 Å². The van der Waals surface area contributed by atoms with Crippen LogP contribution in [0.15, 0.2) is 48.0 Å². The van der Waals surface area contributed by atoms with Crippen LogP contribution in [0.2, 0.25) is 0 Å². The van der Waals surface area contributed by atoms with E-state index in [1.165, 1.54) is 11.3 Å². The minimum Gasteiger partial charge on any atom is -0.485 e. The van der Waals surface area contributed by atoms with Gasteiger partial charge in [0.25, 0.3) is 0 Å². The molecule has 0 unspecified atom stereocenters. The standard InChI is InChI=1S/C15H11NO3S/c17-15(18)12-6-5-10-3-1-2-4-11(10)14(12)19-9-13-16-7-8-20-13/h1-8H,9H2,(H,17,18). The molecule has 2 aromatic carbocycles. The SMILES string of the molecule is O=C(O)c1ccc2ccccc2c1OCc1nccs1. The van der Waals surface area contributed by atoms with E-state index in [-0.39, 0.29) is 12.2 Å². The summed E-state index contributed by atoms with van der Waals surface area (Å²) in [5.74, 6) is -0.601. The largest absolute Gasteiger partial charge is 0.485 e. The summed E-state index contributed by atoms with van der Waals surface area (Å²) in [6.07, 6.45) is 1.70. The average Bonchev–Trinajstić information content (AvgIpc) is 2.97. The lowest BCUT2D eigenvalue weighted by Gasteiger charge is -2.11. The molecule has 0 fully saturated rings. The molecule has 0 aliphatic rings. The molecule has 3 rings (SSSR count). The van der Waals surface area contributed by atoms with Gasteiger partial charge in [0.15, 0.2) is 0 Å². The second kappa shape index (κ2) is 5.30. The Balaban J connectivity index is 2.05. The van der Waals surface area contributed by atoms with Gasteiger partial charge in [-0.3, -0.25) is 0 Å². The van der Waals surface area contributed by atoms with E-state index in [0.717, 1.165) is 15.8 Å². The number of carboxylic acids is 1. The third-order valence-corrected chi connectivity index (χ3v) is 3.69. The fourth-order valence-electron chi connectivity index (χ4n) is 2.03. The molecule has 20 heavy (non-hydrogen) atoms.